The molecule has 0 atom stereocenters. The Hall–Kier alpha value is -3.08. The first-order chi connectivity index (χ1) is 10.7. The van der Waals surface area contributed by atoms with E-state index in [4.69, 9.17) is 9.15 Å². The lowest BCUT2D eigenvalue weighted by molar-refractivity contribution is -0.118. The van der Waals surface area contributed by atoms with E-state index < -0.39 is 5.63 Å². The topological polar surface area (TPSA) is 68.5 Å². The maximum absolute atomic E-state index is 11.9. The average molecular weight is 295 g/mol. The molecule has 0 bridgehead atoms. The standard InChI is InChI=1S/C17H13NO4/c19-16(18-12-6-2-1-3-7-12)11-21-15-10-17(20)22-14-9-5-4-8-13(14)15/h1-10H,11H2,(H,18,19). The van der Waals surface area contributed by atoms with Crippen LogP contribution in [0, 0.1) is 0 Å². The lowest BCUT2D eigenvalue weighted by Crippen LogP contribution is -2.20. The highest BCUT2D eigenvalue weighted by molar-refractivity contribution is 5.92. The van der Waals surface area contributed by atoms with Crippen LogP contribution in [0.2, 0.25) is 0 Å². The van der Waals surface area contributed by atoms with Gasteiger partial charge in [-0.2, -0.15) is 0 Å². The summed E-state index contributed by atoms with van der Waals surface area (Å²) in [7, 11) is 0. The van der Waals surface area contributed by atoms with E-state index in [-0.39, 0.29) is 12.5 Å². The molecule has 0 saturated carbocycles. The van der Waals surface area contributed by atoms with E-state index in [2.05, 4.69) is 5.32 Å². The van der Waals surface area contributed by atoms with Crippen molar-refractivity contribution in [2.45, 2.75) is 0 Å². The van der Waals surface area contributed by atoms with E-state index in [1.165, 1.54) is 6.07 Å². The number of benzene rings is 2. The van der Waals surface area contributed by atoms with Crippen LogP contribution in [0.4, 0.5) is 5.69 Å². The molecule has 5 heteroatoms. The number of rotatable bonds is 4. The number of nitrogens with one attached hydrogen (secondary N) is 1. The van der Waals surface area contributed by atoms with Gasteiger partial charge in [0, 0.05) is 5.69 Å². The third kappa shape index (κ3) is 3.15. The summed E-state index contributed by atoms with van der Waals surface area (Å²) >= 11 is 0. The molecule has 2 aromatic carbocycles. The van der Waals surface area contributed by atoms with Crippen molar-refractivity contribution >= 4 is 22.6 Å². The highest BCUT2D eigenvalue weighted by Crippen LogP contribution is 2.23. The maximum Gasteiger partial charge on any atom is 0.339 e. The zero-order chi connectivity index (χ0) is 15.4. The summed E-state index contributed by atoms with van der Waals surface area (Å²) in [6.07, 6.45) is 0. The Morgan fingerprint density at radius 3 is 2.59 bits per heavy atom. The van der Waals surface area contributed by atoms with Crippen molar-refractivity contribution in [2.75, 3.05) is 11.9 Å². The number of fused-ring (bicyclic) bond motifs is 1. The van der Waals surface area contributed by atoms with E-state index in [0.717, 1.165) is 0 Å². The predicted molar refractivity (Wildman–Crippen MR) is 83.1 cm³/mol. The normalized spacial score (nSPS) is 10.4. The summed E-state index contributed by atoms with van der Waals surface area (Å²) in [6.45, 7) is -0.192. The third-order valence-corrected chi connectivity index (χ3v) is 3.03. The van der Waals surface area contributed by atoms with Crippen LogP contribution < -0.4 is 15.7 Å². The van der Waals surface area contributed by atoms with Gasteiger partial charge in [0.05, 0.1) is 11.5 Å². The molecule has 0 fully saturated rings. The molecule has 0 radical (unpaired) electrons. The smallest absolute Gasteiger partial charge is 0.339 e. The number of carbonyl (C=O) groups is 1. The van der Waals surface area contributed by atoms with Gasteiger partial charge in [0.15, 0.2) is 6.61 Å². The second-order valence-electron chi connectivity index (χ2n) is 4.63. The van der Waals surface area contributed by atoms with Gasteiger partial charge in [0.25, 0.3) is 5.91 Å². The number of anilines is 1. The summed E-state index contributed by atoms with van der Waals surface area (Å²) in [5, 5.41) is 3.36. The lowest BCUT2D eigenvalue weighted by Gasteiger charge is -2.09. The molecule has 1 aromatic heterocycles. The fraction of sp³-hybridized carbons (Fsp3) is 0.0588. The Kier molecular flexibility index (Phi) is 3.87. The zero-order valence-electron chi connectivity index (χ0n) is 11.6. The van der Waals surface area contributed by atoms with Crippen molar-refractivity contribution in [3.8, 4) is 5.75 Å². The van der Waals surface area contributed by atoms with Crippen molar-refractivity contribution in [2.24, 2.45) is 0 Å². The molecule has 1 N–H and O–H groups in total. The Bertz CT molecular complexity index is 855. The molecular weight excluding hydrogens is 282 g/mol. The lowest BCUT2D eigenvalue weighted by atomic mass is 10.2. The van der Waals surface area contributed by atoms with Crippen molar-refractivity contribution < 1.29 is 13.9 Å². The van der Waals surface area contributed by atoms with E-state index >= 15 is 0 Å². The molecule has 0 aliphatic heterocycles. The molecule has 0 spiro atoms. The predicted octanol–water partition coefficient (Wildman–Crippen LogP) is 2.81. The van der Waals surface area contributed by atoms with Gasteiger partial charge in [0.1, 0.15) is 11.3 Å². The van der Waals surface area contributed by atoms with E-state index in [0.29, 0.717) is 22.4 Å². The van der Waals surface area contributed by atoms with Crippen LogP contribution in [0.1, 0.15) is 0 Å². The van der Waals surface area contributed by atoms with Gasteiger partial charge in [-0.25, -0.2) is 4.79 Å². The third-order valence-electron chi connectivity index (χ3n) is 3.03. The molecule has 0 unspecified atom stereocenters. The quantitative estimate of drug-likeness (QED) is 0.751. The SMILES string of the molecule is O=C(COc1cc(=O)oc2ccccc12)Nc1ccccc1. The van der Waals surface area contributed by atoms with Gasteiger partial charge >= 0.3 is 5.63 Å². The first kappa shape index (κ1) is 13.9. The van der Waals surface area contributed by atoms with Crippen molar-refractivity contribution in [3.63, 3.8) is 0 Å². The van der Waals surface area contributed by atoms with E-state index in [9.17, 15) is 9.59 Å². The fourth-order valence-electron chi connectivity index (χ4n) is 2.06. The molecule has 0 saturated heterocycles. The maximum atomic E-state index is 11.9. The largest absolute Gasteiger partial charge is 0.483 e. The second kappa shape index (κ2) is 6.13. The van der Waals surface area contributed by atoms with Crippen LogP contribution in [-0.4, -0.2) is 12.5 Å². The van der Waals surface area contributed by atoms with Crippen LogP contribution in [-0.2, 0) is 4.79 Å². The molecule has 3 rings (SSSR count). The Morgan fingerprint density at radius 2 is 1.77 bits per heavy atom. The van der Waals surface area contributed by atoms with Gasteiger partial charge in [-0.05, 0) is 24.3 Å². The molecular formula is C17H13NO4. The fourth-order valence-corrected chi connectivity index (χ4v) is 2.06. The van der Waals surface area contributed by atoms with Gasteiger partial charge in [-0.15, -0.1) is 0 Å². The Balaban J connectivity index is 1.74. The monoisotopic (exact) mass is 295 g/mol. The van der Waals surface area contributed by atoms with Crippen molar-refractivity contribution in [1.29, 1.82) is 0 Å². The summed E-state index contributed by atoms with van der Waals surface area (Å²) in [6, 6.07) is 17.3. The zero-order valence-corrected chi connectivity index (χ0v) is 11.6. The first-order valence-electron chi connectivity index (χ1n) is 6.73. The minimum atomic E-state index is -0.517. The highest BCUT2D eigenvalue weighted by Gasteiger charge is 2.09. The summed E-state index contributed by atoms with van der Waals surface area (Å²) in [5.41, 5.74) is 0.596. The molecule has 1 heterocycles. The molecule has 1 amide bonds. The number of amides is 1. The Morgan fingerprint density at radius 1 is 1.05 bits per heavy atom. The number of hydrogen-bond donors (Lipinski definition) is 1. The molecule has 22 heavy (non-hydrogen) atoms. The average Bonchev–Trinajstić information content (AvgIpc) is 2.53. The number of ether oxygens (including phenoxy) is 1. The van der Waals surface area contributed by atoms with Gasteiger partial charge in [0.2, 0.25) is 0 Å². The van der Waals surface area contributed by atoms with Crippen LogP contribution in [0.25, 0.3) is 11.0 Å². The second-order valence-corrected chi connectivity index (χ2v) is 4.63. The Labute approximate surface area is 126 Å². The molecule has 5 nitrogen and oxygen atoms in total. The van der Waals surface area contributed by atoms with Crippen LogP contribution in [0.15, 0.2) is 69.9 Å². The summed E-state index contributed by atoms with van der Waals surface area (Å²) in [5.74, 6) is 0.0265. The van der Waals surface area contributed by atoms with Crippen molar-refractivity contribution in [3.05, 3.63) is 71.1 Å². The highest BCUT2D eigenvalue weighted by atomic mass is 16.5. The summed E-state index contributed by atoms with van der Waals surface area (Å²) < 4.78 is 10.5. The van der Waals surface area contributed by atoms with E-state index in [1.807, 2.05) is 18.2 Å². The molecule has 110 valence electrons. The van der Waals surface area contributed by atoms with Crippen LogP contribution in [0.3, 0.4) is 0 Å². The minimum Gasteiger partial charge on any atom is -0.483 e. The number of para-hydroxylation sites is 2. The minimum absolute atomic E-state index is 0.192. The van der Waals surface area contributed by atoms with Gasteiger partial charge < -0.3 is 14.5 Å². The molecule has 0 aliphatic rings. The van der Waals surface area contributed by atoms with Gasteiger partial charge in [-0.1, -0.05) is 30.3 Å². The van der Waals surface area contributed by atoms with Gasteiger partial charge in [-0.3, -0.25) is 4.79 Å². The molecule has 0 aliphatic carbocycles. The van der Waals surface area contributed by atoms with Crippen molar-refractivity contribution in [1.82, 2.24) is 0 Å². The van der Waals surface area contributed by atoms with Crippen LogP contribution in [0.5, 0.6) is 5.75 Å². The summed E-state index contributed by atoms with van der Waals surface area (Å²) in [4.78, 5) is 23.4. The first-order valence-corrected chi connectivity index (χ1v) is 6.73. The van der Waals surface area contributed by atoms with E-state index in [1.54, 1.807) is 36.4 Å². The van der Waals surface area contributed by atoms with Crippen LogP contribution >= 0.6 is 0 Å². The number of carbonyl (C=O) groups excluding carboxylic acids is 1. The number of hydrogen-bond acceptors (Lipinski definition) is 4. The molecule has 3 aromatic rings.